The molecule has 0 spiro atoms. The molecule has 0 aliphatic rings. The summed E-state index contributed by atoms with van der Waals surface area (Å²) < 4.78 is 39.6. The van der Waals surface area contributed by atoms with Crippen LogP contribution in [0.4, 0.5) is 18.9 Å². The maximum absolute atomic E-state index is 13.6. The van der Waals surface area contributed by atoms with Crippen molar-refractivity contribution in [2.75, 3.05) is 5.32 Å². The van der Waals surface area contributed by atoms with Gasteiger partial charge < -0.3 is 5.32 Å². The number of carbonyl (C=O) groups excluding carboxylic acids is 1. The molecule has 0 radical (unpaired) electrons. The molecule has 0 aliphatic carbocycles. The van der Waals surface area contributed by atoms with Gasteiger partial charge in [0.1, 0.15) is 11.6 Å². The van der Waals surface area contributed by atoms with E-state index < -0.39 is 34.6 Å². The highest BCUT2D eigenvalue weighted by molar-refractivity contribution is 6.35. The minimum absolute atomic E-state index is 0.196. The molecule has 3 nitrogen and oxygen atoms in total. The van der Waals surface area contributed by atoms with Crippen molar-refractivity contribution in [1.29, 1.82) is 5.26 Å². The minimum atomic E-state index is -1.73. The predicted octanol–water partition coefficient (Wildman–Crippen LogP) is 4.96. The zero-order valence-corrected chi connectivity index (χ0v) is 13.2. The van der Waals surface area contributed by atoms with E-state index in [1.165, 1.54) is 18.2 Å². The Kier molecular flexibility index (Phi) is 5.50. The largest absolute Gasteiger partial charge is 0.319 e. The van der Waals surface area contributed by atoms with Gasteiger partial charge in [0.05, 0.1) is 5.69 Å². The number of nitrogens with one attached hydrogen (secondary N) is 1. The average molecular weight is 371 g/mol. The van der Waals surface area contributed by atoms with Crippen molar-refractivity contribution >= 4 is 40.9 Å². The van der Waals surface area contributed by atoms with Crippen LogP contribution in [0.1, 0.15) is 5.56 Å². The van der Waals surface area contributed by atoms with Crippen molar-refractivity contribution in [2.24, 2.45) is 0 Å². The molecule has 0 saturated carbocycles. The van der Waals surface area contributed by atoms with Crippen molar-refractivity contribution in [1.82, 2.24) is 0 Å². The minimum Gasteiger partial charge on any atom is -0.319 e. The Labute approximate surface area is 144 Å². The summed E-state index contributed by atoms with van der Waals surface area (Å²) in [5.41, 5.74) is -0.677. The fraction of sp³-hybridized carbons (Fsp3) is 0. The topological polar surface area (TPSA) is 52.9 Å². The summed E-state index contributed by atoms with van der Waals surface area (Å²) >= 11 is 11.7. The standard InChI is InChI=1S/C16H7Cl2F3N2O/c17-10-2-1-8(11(18)6-10)5-9(7-22)16(24)23-13-4-3-12(19)14(20)15(13)21/h1-6H,(H,23,24)/b9-5+. The van der Waals surface area contributed by atoms with Crippen LogP contribution < -0.4 is 5.32 Å². The van der Waals surface area contributed by atoms with Gasteiger partial charge in [-0.1, -0.05) is 29.3 Å². The molecule has 0 heterocycles. The van der Waals surface area contributed by atoms with E-state index >= 15 is 0 Å². The molecule has 0 bridgehead atoms. The molecule has 0 fully saturated rings. The molecule has 0 aromatic heterocycles. The van der Waals surface area contributed by atoms with Gasteiger partial charge >= 0.3 is 0 Å². The lowest BCUT2D eigenvalue weighted by Gasteiger charge is -2.07. The number of hydrogen-bond acceptors (Lipinski definition) is 2. The summed E-state index contributed by atoms with van der Waals surface area (Å²) in [6, 6.07) is 7.52. The number of benzene rings is 2. The Morgan fingerprint density at radius 3 is 2.46 bits per heavy atom. The monoisotopic (exact) mass is 370 g/mol. The Bertz CT molecular complexity index is 892. The summed E-state index contributed by atoms with van der Waals surface area (Å²) in [5, 5.41) is 11.6. The second kappa shape index (κ2) is 7.39. The van der Waals surface area contributed by atoms with Crippen molar-refractivity contribution in [3.8, 4) is 6.07 Å². The van der Waals surface area contributed by atoms with Gasteiger partial charge in [0, 0.05) is 10.0 Å². The normalized spacial score (nSPS) is 11.1. The molecule has 1 N–H and O–H groups in total. The van der Waals surface area contributed by atoms with E-state index in [1.807, 2.05) is 5.32 Å². The fourth-order valence-corrected chi connectivity index (χ4v) is 2.20. The average Bonchev–Trinajstić information content (AvgIpc) is 2.54. The van der Waals surface area contributed by atoms with E-state index in [9.17, 15) is 18.0 Å². The smallest absolute Gasteiger partial charge is 0.266 e. The van der Waals surface area contributed by atoms with E-state index in [0.717, 1.165) is 12.1 Å². The maximum atomic E-state index is 13.6. The first-order valence-electron chi connectivity index (χ1n) is 6.35. The van der Waals surface area contributed by atoms with Crippen molar-refractivity contribution < 1.29 is 18.0 Å². The number of amides is 1. The highest BCUT2D eigenvalue weighted by atomic mass is 35.5. The number of nitriles is 1. The van der Waals surface area contributed by atoms with Gasteiger partial charge in [0.15, 0.2) is 17.5 Å². The fourth-order valence-electron chi connectivity index (χ4n) is 1.73. The molecule has 0 unspecified atom stereocenters. The number of rotatable bonds is 3. The van der Waals surface area contributed by atoms with E-state index in [1.54, 1.807) is 6.07 Å². The summed E-state index contributed by atoms with van der Waals surface area (Å²) in [7, 11) is 0. The van der Waals surface area contributed by atoms with Crippen molar-refractivity contribution in [3.05, 3.63) is 69.0 Å². The van der Waals surface area contributed by atoms with Gasteiger partial charge in [-0.2, -0.15) is 5.26 Å². The molecule has 0 aliphatic heterocycles. The Balaban J connectivity index is 2.32. The molecular formula is C16H7Cl2F3N2O. The van der Waals surface area contributed by atoms with Crippen LogP contribution in [-0.4, -0.2) is 5.91 Å². The third-order valence-electron chi connectivity index (χ3n) is 2.91. The summed E-state index contributed by atoms with van der Waals surface area (Å²) in [6.45, 7) is 0. The first-order chi connectivity index (χ1) is 11.3. The van der Waals surface area contributed by atoms with Gasteiger partial charge in [-0.05, 0) is 35.9 Å². The molecule has 24 heavy (non-hydrogen) atoms. The molecule has 0 saturated heterocycles. The highest BCUT2D eigenvalue weighted by Gasteiger charge is 2.17. The molecule has 0 atom stereocenters. The summed E-state index contributed by atoms with van der Waals surface area (Å²) in [4.78, 5) is 12.0. The van der Waals surface area contributed by atoms with Crippen molar-refractivity contribution in [3.63, 3.8) is 0 Å². The maximum Gasteiger partial charge on any atom is 0.266 e. The summed E-state index contributed by atoms with van der Waals surface area (Å²) in [6.07, 6.45) is 1.16. The molecule has 122 valence electrons. The number of carbonyl (C=O) groups is 1. The lowest BCUT2D eigenvalue weighted by atomic mass is 10.1. The van der Waals surface area contributed by atoms with Gasteiger partial charge in [-0.15, -0.1) is 0 Å². The van der Waals surface area contributed by atoms with Crippen LogP contribution in [0.5, 0.6) is 0 Å². The van der Waals surface area contributed by atoms with E-state index in [0.29, 0.717) is 16.7 Å². The van der Waals surface area contributed by atoms with Crippen molar-refractivity contribution in [2.45, 2.75) is 0 Å². The van der Waals surface area contributed by atoms with Gasteiger partial charge in [-0.25, -0.2) is 13.2 Å². The number of hydrogen-bond donors (Lipinski definition) is 1. The van der Waals surface area contributed by atoms with Crippen LogP contribution in [0.15, 0.2) is 35.9 Å². The van der Waals surface area contributed by atoms with Crippen LogP contribution in [0.25, 0.3) is 6.08 Å². The second-order valence-electron chi connectivity index (χ2n) is 4.51. The molecule has 2 aromatic carbocycles. The van der Waals surface area contributed by atoms with Crippen LogP contribution in [0.2, 0.25) is 10.0 Å². The summed E-state index contributed by atoms with van der Waals surface area (Å²) in [5.74, 6) is -5.69. The first kappa shape index (κ1) is 17.9. The third kappa shape index (κ3) is 3.88. The molecule has 2 aromatic rings. The van der Waals surface area contributed by atoms with E-state index in [-0.39, 0.29) is 5.02 Å². The SMILES string of the molecule is N#C/C(=C\c1ccc(Cl)cc1Cl)C(=O)Nc1ccc(F)c(F)c1F. The molecule has 1 amide bonds. The Hall–Kier alpha value is -2.49. The van der Waals surface area contributed by atoms with Gasteiger partial charge in [0.2, 0.25) is 0 Å². The zero-order chi connectivity index (χ0) is 17.9. The number of anilines is 1. The number of nitrogens with zero attached hydrogens (tertiary/aromatic N) is 1. The van der Waals surface area contributed by atoms with Gasteiger partial charge in [0.25, 0.3) is 5.91 Å². The van der Waals surface area contributed by atoms with Crippen LogP contribution >= 0.6 is 23.2 Å². The predicted molar refractivity (Wildman–Crippen MR) is 85.0 cm³/mol. The van der Waals surface area contributed by atoms with Gasteiger partial charge in [-0.3, -0.25) is 4.79 Å². The highest BCUT2D eigenvalue weighted by Crippen LogP contribution is 2.24. The molecular weight excluding hydrogens is 364 g/mol. The third-order valence-corrected chi connectivity index (χ3v) is 3.47. The molecule has 2 rings (SSSR count). The van der Waals surface area contributed by atoms with Crippen LogP contribution in [0.3, 0.4) is 0 Å². The molecule has 8 heteroatoms. The zero-order valence-electron chi connectivity index (χ0n) is 11.7. The van der Waals surface area contributed by atoms with Crippen LogP contribution in [-0.2, 0) is 4.79 Å². The Morgan fingerprint density at radius 1 is 1.12 bits per heavy atom. The van der Waals surface area contributed by atoms with E-state index in [2.05, 4.69) is 0 Å². The first-order valence-corrected chi connectivity index (χ1v) is 7.10. The lowest BCUT2D eigenvalue weighted by molar-refractivity contribution is -0.112. The second-order valence-corrected chi connectivity index (χ2v) is 5.36. The lowest BCUT2D eigenvalue weighted by Crippen LogP contribution is -2.15. The Morgan fingerprint density at radius 2 is 1.83 bits per heavy atom. The van der Waals surface area contributed by atoms with E-state index in [4.69, 9.17) is 28.5 Å². The quantitative estimate of drug-likeness (QED) is 0.471. The van der Waals surface area contributed by atoms with Crippen LogP contribution in [0, 0.1) is 28.8 Å². The number of halogens is 5.